The lowest BCUT2D eigenvalue weighted by Crippen LogP contribution is -1.99. The highest BCUT2D eigenvalue weighted by molar-refractivity contribution is 7.90. The predicted octanol–water partition coefficient (Wildman–Crippen LogP) is 3.37. The third kappa shape index (κ3) is 3.33. The molecular formula is C16H17NO2S. The molecule has 2 aromatic rings. The van der Waals surface area contributed by atoms with E-state index in [1.54, 1.807) is 24.3 Å². The second-order valence-electron chi connectivity index (χ2n) is 4.57. The molecule has 0 saturated carbocycles. The number of nitrogens with zero attached hydrogens (tertiary/aromatic N) is 1. The zero-order valence-corrected chi connectivity index (χ0v) is 12.4. The first-order chi connectivity index (χ1) is 9.53. The first-order valence-electron chi connectivity index (χ1n) is 6.48. The molecule has 104 valence electrons. The number of rotatable bonds is 4. The summed E-state index contributed by atoms with van der Waals surface area (Å²) in [5.41, 5.74) is 2.94. The van der Waals surface area contributed by atoms with Gasteiger partial charge in [-0.2, -0.15) is 12.8 Å². The highest BCUT2D eigenvalue weighted by atomic mass is 32.2. The van der Waals surface area contributed by atoms with Gasteiger partial charge in [0.25, 0.3) is 10.0 Å². The fourth-order valence-corrected chi connectivity index (χ4v) is 2.73. The Hall–Kier alpha value is -1.94. The van der Waals surface area contributed by atoms with Crippen LogP contribution in [0.1, 0.15) is 23.6 Å². The summed E-state index contributed by atoms with van der Waals surface area (Å²) in [6.45, 7) is 3.94. The van der Waals surface area contributed by atoms with Crippen LogP contribution in [-0.4, -0.2) is 14.6 Å². The molecule has 0 aromatic heterocycles. The van der Waals surface area contributed by atoms with Gasteiger partial charge in [0.05, 0.1) is 4.90 Å². The van der Waals surface area contributed by atoms with Crippen molar-refractivity contribution >= 4 is 16.2 Å². The Labute approximate surface area is 120 Å². The van der Waals surface area contributed by atoms with E-state index in [1.165, 1.54) is 6.21 Å². The monoisotopic (exact) mass is 287 g/mol. The van der Waals surface area contributed by atoms with Crippen LogP contribution in [0.4, 0.5) is 0 Å². The van der Waals surface area contributed by atoms with E-state index in [4.69, 9.17) is 0 Å². The maximum atomic E-state index is 12.1. The van der Waals surface area contributed by atoms with Crippen molar-refractivity contribution in [1.82, 2.24) is 0 Å². The van der Waals surface area contributed by atoms with Crippen molar-refractivity contribution in [2.24, 2.45) is 4.40 Å². The van der Waals surface area contributed by atoms with Crippen LogP contribution in [0.3, 0.4) is 0 Å². The SMILES string of the molecule is CCc1ccccc1/C=N/S(=O)(=O)c1ccc(C)cc1. The molecule has 0 radical (unpaired) electrons. The molecule has 0 aliphatic heterocycles. The number of sulfonamides is 1. The van der Waals surface area contributed by atoms with Gasteiger partial charge in [-0.1, -0.05) is 48.9 Å². The van der Waals surface area contributed by atoms with E-state index in [0.717, 1.165) is 23.1 Å². The number of benzene rings is 2. The third-order valence-electron chi connectivity index (χ3n) is 3.09. The molecule has 0 fully saturated rings. The van der Waals surface area contributed by atoms with Crippen LogP contribution in [-0.2, 0) is 16.4 Å². The highest BCUT2D eigenvalue weighted by Gasteiger charge is 2.11. The van der Waals surface area contributed by atoms with Crippen LogP contribution in [0.2, 0.25) is 0 Å². The lowest BCUT2D eigenvalue weighted by molar-refractivity contribution is 0.598. The minimum absolute atomic E-state index is 0.216. The van der Waals surface area contributed by atoms with Crippen molar-refractivity contribution < 1.29 is 8.42 Å². The fraction of sp³-hybridized carbons (Fsp3) is 0.188. The molecule has 20 heavy (non-hydrogen) atoms. The van der Waals surface area contributed by atoms with Crippen LogP contribution in [0.25, 0.3) is 0 Å². The first kappa shape index (κ1) is 14.5. The molecule has 4 heteroatoms. The summed E-state index contributed by atoms with van der Waals surface area (Å²) in [4.78, 5) is 0.216. The predicted molar refractivity (Wildman–Crippen MR) is 81.8 cm³/mol. The first-order valence-corrected chi connectivity index (χ1v) is 7.92. The van der Waals surface area contributed by atoms with Crippen LogP contribution in [0, 0.1) is 6.92 Å². The van der Waals surface area contributed by atoms with Gasteiger partial charge in [0.1, 0.15) is 0 Å². The Bertz CT molecular complexity index is 716. The van der Waals surface area contributed by atoms with Gasteiger partial charge in [0.2, 0.25) is 0 Å². The average Bonchev–Trinajstić information content (AvgIpc) is 2.46. The standard InChI is InChI=1S/C16H17NO2S/c1-3-14-6-4-5-7-15(14)12-17-20(18,19)16-10-8-13(2)9-11-16/h4-12H,3H2,1-2H3/b17-12+. The molecular weight excluding hydrogens is 270 g/mol. The molecule has 0 amide bonds. The Morgan fingerprint density at radius 1 is 1.05 bits per heavy atom. The van der Waals surface area contributed by atoms with Gasteiger partial charge < -0.3 is 0 Å². The smallest absolute Gasteiger partial charge is 0.199 e. The fourth-order valence-electron chi connectivity index (χ4n) is 1.88. The van der Waals surface area contributed by atoms with Crippen molar-refractivity contribution in [2.45, 2.75) is 25.2 Å². The molecule has 2 aromatic carbocycles. The second-order valence-corrected chi connectivity index (χ2v) is 6.21. The summed E-state index contributed by atoms with van der Waals surface area (Å²) in [7, 11) is -3.63. The average molecular weight is 287 g/mol. The van der Waals surface area contributed by atoms with E-state index in [9.17, 15) is 8.42 Å². The van der Waals surface area contributed by atoms with Crippen molar-refractivity contribution in [3.05, 3.63) is 65.2 Å². The van der Waals surface area contributed by atoms with Gasteiger partial charge in [-0.25, -0.2) is 0 Å². The van der Waals surface area contributed by atoms with Gasteiger partial charge >= 0.3 is 0 Å². The van der Waals surface area contributed by atoms with Gasteiger partial charge in [-0.05, 0) is 36.6 Å². The molecule has 0 N–H and O–H groups in total. The second kappa shape index (κ2) is 6.01. The molecule has 0 aliphatic carbocycles. The van der Waals surface area contributed by atoms with Crippen molar-refractivity contribution in [1.29, 1.82) is 0 Å². The van der Waals surface area contributed by atoms with Crippen molar-refractivity contribution in [3.63, 3.8) is 0 Å². The molecule has 0 spiro atoms. The summed E-state index contributed by atoms with van der Waals surface area (Å²) in [6.07, 6.45) is 2.26. The van der Waals surface area contributed by atoms with E-state index in [-0.39, 0.29) is 4.90 Å². The van der Waals surface area contributed by atoms with Crippen molar-refractivity contribution in [3.8, 4) is 0 Å². The summed E-state index contributed by atoms with van der Waals surface area (Å²) in [5, 5.41) is 0. The normalized spacial score (nSPS) is 11.9. The lowest BCUT2D eigenvalue weighted by atomic mass is 10.1. The summed E-state index contributed by atoms with van der Waals surface area (Å²) in [5.74, 6) is 0. The lowest BCUT2D eigenvalue weighted by Gasteiger charge is -2.02. The Morgan fingerprint density at radius 2 is 1.70 bits per heavy atom. The third-order valence-corrected chi connectivity index (χ3v) is 4.34. The van der Waals surface area contributed by atoms with Crippen LogP contribution in [0.5, 0.6) is 0 Å². The number of hydrogen-bond donors (Lipinski definition) is 0. The van der Waals surface area contributed by atoms with Gasteiger partial charge in [0, 0.05) is 6.21 Å². The van der Waals surface area contributed by atoms with E-state index < -0.39 is 10.0 Å². The van der Waals surface area contributed by atoms with Gasteiger partial charge in [-0.15, -0.1) is 0 Å². The zero-order chi connectivity index (χ0) is 14.6. The Morgan fingerprint density at radius 3 is 2.35 bits per heavy atom. The van der Waals surface area contributed by atoms with Crippen LogP contribution >= 0.6 is 0 Å². The van der Waals surface area contributed by atoms with E-state index in [0.29, 0.717) is 0 Å². The molecule has 0 atom stereocenters. The maximum Gasteiger partial charge on any atom is 0.282 e. The van der Waals surface area contributed by atoms with Crippen molar-refractivity contribution in [2.75, 3.05) is 0 Å². The van der Waals surface area contributed by atoms with E-state index in [2.05, 4.69) is 4.40 Å². The number of aryl methyl sites for hydroxylation is 2. The Kier molecular flexibility index (Phi) is 4.35. The number of hydrogen-bond acceptors (Lipinski definition) is 2. The van der Waals surface area contributed by atoms with E-state index in [1.807, 2.05) is 38.1 Å². The summed E-state index contributed by atoms with van der Waals surface area (Å²) >= 11 is 0. The molecule has 0 aliphatic rings. The summed E-state index contributed by atoms with van der Waals surface area (Å²) in [6, 6.07) is 14.3. The minimum atomic E-state index is -3.63. The summed E-state index contributed by atoms with van der Waals surface area (Å²) < 4.78 is 28.0. The quantitative estimate of drug-likeness (QED) is 0.809. The minimum Gasteiger partial charge on any atom is -0.199 e. The van der Waals surface area contributed by atoms with E-state index >= 15 is 0 Å². The molecule has 0 saturated heterocycles. The largest absolute Gasteiger partial charge is 0.282 e. The molecule has 0 bridgehead atoms. The van der Waals surface area contributed by atoms with Crippen LogP contribution < -0.4 is 0 Å². The molecule has 0 unspecified atom stereocenters. The van der Waals surface area contributed by atoms with Gasteiger partial charge in [-0.3, -0.25) is 0 Å². The molecule has 0 heterocycles. The molecule has 3 nitrogen and oxygen atoms in total. The van der Waals surface area contributed by atoms with Gasteiger partial charge in [0.15, 0.2) is 0 Å². The highest BCUT2D eigenvalue weighted by Crippen LogP contribution is 2.14. The zero-order valence-electron chi connectivity index (χ0n) is 11.6. The topological polar surface area (TPSA) is 46.5 Å². The maximum absolute atomic E-state index is 12.1. The van der Waals surface area contributed by atoms with Crippen LogP contribution in [0.15, 0.2) is 57.8 Å². The molecule has 2 rings (SSSR count). The Balaban J connectivity index is 2.32.